The Morgan fingerprint density at radius 1 is 0.968 bits per heavy atom. The topological polar surface area (TPSA) is 85.8 Å². The average Bonchev–Trinajstić information content (AvgIpc) is 2.76. The zero-order chi connectivity index (χ0) is 21.8. The van der Waals surface area contributed by atoms with Crippen molar-refractivity contribution in [2.45, 2.75) is 30.8 Å². The fraction of sp³-hybridized carbons (Fsp3) is 0.409. The van der Waals surface area contributed by atoms with Gasteiger partial charge in [0.2, 0.25) is 10.0 Å². The fourth-order valence-electron chi connectivity index (χ4n) is 2.92. The van der Waals surface area contributed by atoms with E-state index in [1.807, 2.05) is 6.07 Å². The molecule has 3 N–H and O–H groups in total. The summed E-state index contributed by atoms with van der Waals surface area (Å²) in [7, 11) is 0.347. The van der Waals surface area contributed by atoms with E-state index in [0.717, 1.165) is 19.5 Å². The zero-order valence-electron chi connectivity index (χ0n) is 18.4. The number of aliphatic imine (C=N–C) groups is 1. The van der Waals surface area contributed by atoms with Crippen molar-refractivity contribution in [3.8, 4) is 0 Å². The minimum Gasteiger partial charge on any atom is -0.356 e. The summed E-state index contributed by atoms with van der Waals surface area (Å²) in [4.78, 5) is 6.78. The first kappa shape index (κ1) is 27.3. The Morgan fingerprint density at radius 3 is 2.16 bits per heavy atom. The molecule has 0 heterocycles. The van der Waals surface area contributed by atoms with Crippen LogP contribution in [0.4, 0.5) is 0 Å². The molecule has 0 spiro atoms. The van der Waals surface area contributed by atoms with Crippen molar-refractivity contribution < 1.29 is 8.42 Å². The van der Waals surface area contributed by atoms with Crippen LogP contribution >= 0.6 is 24.0 Å². The Hall–Kier alpha value is -1.69. The molecule has 172 valence electrons. The highest BCUT2D eigenvalue weighted by Crippen LogP contribution is 2.08. The highest BCUT2D eigenvalue weighted by atomic mass is 127. The summed E-state index contributed by atoms with van der Waals surface area (Å²) in [5.74, 6) is 0.659. The molecule has 9 heteroatoms. The molecule has 2 aromatic rings. The third kappa shape index (κ3) is 9.98. The number of rotatable bonds is 11. The fourth-order valence-corrected chi connectivity index (χ4v) is 3.97. The maximum Gasteiger partial charge on any atom is 0.240 e. The average molecular weight is 560 g/mol. The first-order valence-corrected chi connectivity index (χ1v) is 11.6. The number of nitrogens with one attached hydrogen (secondary N) is 3. The SMILES string of the molecule is CN=C(NCCNS(=O)(=O)c1ccccc1)NCCC(C)N(C)Cc1ccccc1.I. The van der Waals surface area contributed by atoms with Gasteiger partial charge in [-0.1, -0.05) is 48.5 Å². The summed E-state index contributed by atoms with van der Waals surface area (Å²) in [6.07, 6.45) is 0.963. The summed E-state index contributed by atoms with van der Waals surface area (Å²) < 4.78 is 27.0. The van der Waals surface area contributed by atoms with Crippen LogP contribution in [0, 0.1) is 0 Å². The molecule has 2 aromatic carbocycles. The second-order valence-corrected chi connectivity index (χ2v) is 8.94. The van der Waals surface area contributed by atoms with Gasteiger partial charge < -0.3 is 10.6 Å². The van der Waals surface area contributed by atoms with E-state index in [0.29, 0.717) is 18.5 Å². The molecule has 1 unspecified atom stereocenters. The molecule has 0 fully saturated rings. The second-order valence-electron chi connectivity index (χ2n) is 7.18. The van der Waals surface area contributed by atoms with E-state index in [-0.39, 0.29) is 35.4 Å². The number of benzene rings is 2. The molecule has 7 nitrogen and oxygen atoms in total. The Bertz CT molecular complexity index is 879. The van der Waals surface area contributed by atoms with E-state index in [1.54, 1.807) is 37.4 Å². The lowest BCUT2D eigenvalue weighted by atomic mass is 10.1. The quantitative estimate of drug-likeness (QED) is 0.171. The summed E-state index contributed by atoms with van der Waals surface area (Å²) >= 11 is 0. The predicted molar refractivity (Wildman–Crippen MR) is 138 cm³/mol. The van der Waals surface area contributed by atoms with Crippen LogP contribution in [0.1, 0.15) is 18.9 Å². The van der Waals surface area contributed by atoms with Gasteiger partial charge in [-0.25, -0.2) is 13.1 Å². The third-order valence-corrected chi connectivity index (χ3v) is 6.35. The molecular formula is C22H34IN5O2S. The van der Waals surface area contributed by atoms with Crippen molar-refractivity contribution >= 4 is 40.0 Å². The largest absolute Gasteiger partial charge is 0.356 e. The molecule has 0 saturated carbocycles. The monoisotopic (exact) mass is 559 g/mol. The molecule has 0 aliphatic rings. The number of hydrogen-bond donors (Lipinski definition) is 3. The van der Waals surface area contributed by atoms with Crippen LogP contribution in [-0.2, 0) is 16.6 Å². The van der Waals surface area contributed by atoms with Crippen molar-refractivity contribution in [1.82, 2.24) is 20.3 Å². The Morgan fingerprint density at radius 2 is 1.55 bits per heavy atom. The van der Waals surface area contributed by atoms with Gasteiger partial charge in [0.15, 0.2) is 5.96 Å². The van der Waals surface area contributed by atoms with E-state index >= 15 is 0 Å². The van der Waals surface area contributed by atoms with Gasteiger partial charge in [0.05, 0.1) is 4.90 Å². The number of nitrogens with zero attached hydrogens (tertiary/aromatic N) is 2. The lowest BCUT2D eigenvalue weighted by Crippen LogP contribution is -2.43. The van der Waals surface area contributed by atoms with Crippen LogP contribution in [0.25, 0.3) is 0 Å². The maximum absolute atomic E-state index is 12.2. The van der Waals surface area contributed by atoms with E-state index in [4.69, 9.17) is 0 Å². The molecule has 0 aromatic heterocycles. The number of sulfonamides is 1. The molecule has 31 heavy (non-hydrogen) atoms. The second kappa shape index (κ2) is 14.4. The number of halogens is 1. The van der Waals surface area contributed by atoms with Gasteiger partial charge in [0.1, 0.15) is 0 Å². The Kier molecular flexibility index (Phi) is 12.7. The minimum atomic E-state index is -3.48. The molecule has 0 amide bonds. The highest BCUT2D eigenvalue weighted by Gasteiger charge is 2.12. The molecular weight excluding hydrogens is 525 g/mol. The first-order valence-electron chi connectivity index (χ1n) is 10.2. The highest BCUT2D eigenvalue weighted by molar-refractivity contribution is 14.0. The van der Waals surface area contributed by atoms with Crippen LogP contribution in [0.5, 0.6) is 0 Å². The van der Waals surface area contributed by atoms with Gasteiger partial charge in [-0.05, 0) is 38.1 Å². The Labute approximate surface area is 203 Å². The van der Waals surface area contributed by atoms with Crippen LogP contribution in [0.15, 0.2) is 70.6 Å². The summed E-state index contributed by atoms with van der Waals surface area (Å²) in [5.41, 5.74) is 1.30. The lowest BCUT2D eigenvalue weighted by Gasteiger charge is -2.25. The van der Waals surface area contributed by atoms with Crippen LogP contribution < -0.4 is 15.4 Å². The molecule has 0 aliphatic carbocycles. The maximum atomic E-state index is 12.2. The van der Waals surface area contributed by atoms with E-state index in [2.05, 4.69) is 63.5 Å². The van der Waals surface area contributed by atoms with E-state index in [1.165, 1.54) is 5.56 Å². The zero-order valence-corrected chi connectivity index (χ0v) is 21.6. The molecule has 0 saturated heterocycles. The normalized spacial score (nSPS) is 12.8. The molecule has 0 radical (unpaired) electrons. The molecule has 2 rings (SSSR count). The van der Waals surface area contributed by atoms with Gasteiger partial charge in [-0.15, -0.1) is 24.0 Å². The molecule has 0 aliphatic heterocycles. The number of guanidine groups is 1. The number of hydrogen-bond acceptors (Lipinski definition) is 4. The minimum absolute atomic E-state index is 0. The van der Waals surface area contributed by atoms with Gasteiger partial charge >= 0.3 is 0 Å². The van der Waals surface area contributed by atoms with Crippen molar-refractivity contribution in [1.29, 1.82) is 0 Å². The van der Waals surface area contributed by atoms with Crippen molar-refractivity contribution in [3.63, 3.8) is 0 Å². The standard InChI is InChI=1S/C22H33N5O2S.HI/c1-19(27(3)18-20-10-6-4-7-11-20)14-15-24-22(23-2)25-16-17-26-30(28,29)21-12-8-5-9-13-21;/h4-13,19,26H,14-18H2,1-3H3,(H2,23,24,25);1H. The van der Waals surface area contributed by atoms with Crippen molar-refractivity contribution in [3.05, 3.63) is 66.2 Å². The summed E-state index contributed by atoms with van der Waals surface area (Å²) in [6, 6.07) is 19.2. The first-order chi connectivity index (χ1) is 14.4. The van der Waals surface area contributed by atoms with Gasteiger partial charge in [0.25, 0.3) is 0 Å². The van der Waals surface area contributed by atoms with Crippen molar-refractivity contribution in [2.75, 3.05) is 33.7 Å². The summed E-state index contributed by atoms with van der Waals surface area (Å²) in [5, 5.41) is 6.42. The van der Waals surface area contributed by atoms with E-state index < -0.39 is 10.0 Å². The van der Waals surface area contributed by atoms with Crippen molar-refractivity contribution in [2.24, 2.45) is 4.99 Å². The smallest absolute Gasteiger partial charge is 0.240 e. The lowest BCUT2D eigenvalue weighted by molar-refractivity contribution is 0.238. The van der Waals surface area contributed by atoms with Gasteiger partial charge in [0, 0.05) is 39.3 Å². The third-order valence-electron chi connectivity index (χ3n) is 4.87. The van der Waals surface area contributed by atoms with Gasteiger partial charge in [-0.3, -0.25) is 9.89 Å². The van der Waals surface area contributed by atoms with Crippen LogP contribution in [-0.4, -0.2) is 59.0 Å². The van der Waals surface area contributed by atoms with Crippen LogP contribution in [0.2, 0.25) is 0 Å². The molecule has 1 atom stereocenters. The van der Waals surface area contributed by atoms with E-state index in [9.17, 15) is 8.42 Å². The molecule has 0 bridgehead atoms. The van der Waals surface area contributed by atoms with Crippen LogP contribution in [0.3, 0.4) is 0 Å². The summed E-state index contributed by atoms with van der Waals surface area (Å²) in [6.45, 7) is 4.61. The predicted octanol–water partition coefficient (Wildman–Crippen LogP) is 2.66. The Balaban J connectivity index is 0.00000480. The van der Waals surface area contributed by atoms with Gasteiger partial charge in [-0.2, -0.15) is 0 Å².